The molecular formula is C34H46N2O4Si. The Hall–Kier alpha value is -3.63. The average Bonchev–Trinajstić information content (AvgIpc) is 2.88. The van der Waals surface area contributed by atoms with Gasteiger partial charge in [-0.15, -0.1) is 0 Å². The molecule has 0 saturated carbocycles. The standard InChI is InChI=1S/C34H46N2O4Si/c1-24(2)41(25(3)4,26(5)6)40-31-18-15-28(16-19-31)22-30(17-20-32(37)39-34(7,8)9)36-33(38)29(23-35)21-27-13-11-10-12-14-27/h10-20,22,24-26,29H,21H2,1-9H3,(H,36,38)/b20-17+,30-22-/t29-/m0/s1. The topological polar surface area (TPSA) is 88.4 Å². The predicted molar refractivity (Wildman–Crippen MR) is 168 cm³/mol. The fourth-order valence-corrected chi connectivity index (χ4v) is 10.5. The fourth-order valence-electron chi connectivity index (χ4n) is 5.26. The van der Waals surface area contributed by atoms with Crippen LogP contribution in [0, 0.1) is 17.2 Å². The molecule has 6 nitrogen and oxygen atoms in total. The lowest BCUT2D eigenvalue weighted by atomic mass is 9.99. The van der Waals surface area contributed by atoms with Gasteiger partial charge in [0.1, 0.15) is 17.3 Å². The van der Waals surface area contributed by atoms with Gasteiger partial charge in [0, 0.05) is 11.8 Å². The van der Waals surface area contributed by atoms with Crippen LogP contribution in [-0.4, -0.2) is 25.8 Å². The molecule has 2 rings (SSSR count). The number of hydrogen-bond donors (Lipinski definition) is 1. The van der Waals surface area contributed by atoms with Crippen LogP contribution in [0.5, 0.6) is 5.75 Å². The highest BCUT2D eigenvalue weighted by molar-refractivity contribution is 6.78. The fraction of sp³-hybridized carbons (Fsp3) is 0.441. The van der Waals surface area contributed by atoms with Crippen molar-refractivity contribution in [3.8, 4) is 11.8 Å². The number of allylic oxidation sites excluding steroid dienone is 1. The molecule has 1 atom stereocenters. The number of ether oxygens (including phenoxy) is 1. The van der Waals surface area contributed by atoms with E-state index in [0.717, 1.165) is 16.9 Å². The smallest absolute Gasteiger partial charge is 0.331 e. The Morgan fingerprint density at radius 1 is 0.902 bits per heavy atom. The molecule has 2 aromatic rings. The second-order valence-electron chi connectivity index (χ2n) is 12.3. The number of carbonyl (C=O) groups is 2. The van der Waals surface area contributed by atoms with Gasteiger partial charge in [0.25, 0.3) is 8.32 Å². The molecule has 0 unspecified atom stereocenters. The molecule has 0 saturated heterocycles. The van der Waals surface area contributed by atoms with Gasteiger partial charge in [-0.3, -0.25) is 4.79 Å². The Bertz CT molecular complexity index is 1230. The first-order valence-electron chi connectivity index (χ1n) is 14.3. The summed E-state index contributed by atoms with van der Waals surface area (Å²) in [5, 5.41) is 12.5. The van der Waals surface area contributed by atoms with E-state index < -0.39 is 31.7 Å². The number of benzene rings is 2. The largest absolute Gasteiger partial charge is 0.543 e. The van der Waals surface area contributed by atoms with Crippen molar-refractivity contribution in [2.24, 2.45) is 5.92 Å². The number of rotatable bonds is 12. The summed E-state index contributed by atoms with van der Waals surface area (Å²) < 4.78 is 12.2. The van der Waals surface area contributed by atoms with Crippen molar-refractivity contribution in [3.05, 3.63) is 83.6 Å². The van der Waals surface area contributed by atoms with E-state index in [1.54, 1.807) is 26.8 Å². The molecule has 1 N–H and O–H groups in total. The lowest BCUT2D eigenvalue weighted by Crippen LogP contribution is -2.50. The number of esters is 1. The monoisotopic (exact) mass is 574 g/mol. The number of nitrogens with zero attached hydrogens (tertiary/aromatic N) is 1. The van der Waals surface area contributed by atoms with Crippen molar-refractivity contribution < 1.29 is 18.8 Å². The van der Waals surface area contributed by atoms with Crippen LogP contribution < -0.4 is 9.74 Å². The van der Waals surface area contributed by atoms with Gasteiger partial charge in [-0.2, -0.15) is 5.26 Å². The molecule has 0 aliphatic carbocycles. The van der Waals surface area contributed by atoms with Crippen molar-refractivity contribution in [1.82, 2.24) is 5.32 Å². The van der Waals surface area contributed by atoms with Crippen LogP contribution in [0.2, 0.25) is 16.6 Å². The van der Waals surface area contributed by atoms with Gasteiger partial charge >= 0.3 is 5.97 Å². The summed E-state index contributed by atoms with van der Waals surface area (Å²) in [5.74, 6) is -1.04. The van der Waals surface area contributed by atoms with E-state index in [1.807, 2.05) is 54.6 Å². The molecule has 1 amide bonds. The molecule has 0 aliphatic rings. The van der Waals surface area contributed by atoms with Gasteiger partial charge < -0.3 is 14.5 Å². The highest BCUT2D eigenvalue weighted by Crippen LogP contribution is 2.42. The minimum atomic E-state index is -2.10. The van der Waals surface area contributed by atoms with E-state index in [0.29, 0.717) is 22.3 Å². The van der Waals surface area contributed by atoms with E-state index in [2.05, 4.69) is 52.9 Å². The highest BCUT2D eigenvalue weighted by atomic mass is 28.4. The van der Waals surface area contributed by atoms with Gasteiger partial charge in [-0.25, -0.2) is 4.79 Å². The predicted octanol–water partition coefficient (Wildman–Crippen LogP) is 7.98. The van der Waals surface area contributed by atoms with Crippen molar-refractivity contribution >= 4 is 26.3 Å². The van der Waals surface area contributed by atoms with Crippen molar-refractivity contribution in [3.63, 3.8) is 0 Å². The maximum absolute atomic E-state index is 13.1. The van der Waals surface area contributed by atoms with Crippen LogP contribution >= 0.6 is 0 Å². The Morgan fingerprint density at radius 3 is 1.95 bits per heavy atom. The molecule has 0 bridgehead atoms. The first-order chi connectivity index (χ1) is 19.2. The maximum atomic E-state index is 13.1. The maximum Gasteiger partial charge on any atom is 0.331 e. The van der Waals surface area contributed by atoms with Crippen LogP contribution in [0.1, 0.15) is 73.4 Å². The zero-order valence-electron chi connectivity index (χ0n) is 26.0. The summed E-state index contributed by atoms with van der Waals surface area (Å²) in [6, 6.07) is 19.3. The summed E-state index contributed by atoms with van der Waals surface area (Å²) in [4.78, 5) is 25.5. The molecule has 0 aliphatic heterocycles. The Balaban J connectivity index is 2.35. The van der Waals surface area contributed by atoms with E-state index in [-0.39, 0.29) is 6.42 Å². The van der Waals surface area contributed by atoms with Gasteiger partial charge in [-0.1, -0.05) is 84.0 Å². The second-order valence-corrected chi connectivity index (χ2v) is 17.7. The molecule has 7 heteroatoms. The first kappa shape index (κ1) is 33.6. The summed E-state index contributed by atoms with van der Waals surface area (Å²) >= 11 is 0. The second kappa shape index (κ2) is 14.8. The number of nitriles is 1. The Kier molecular flexibility index (Phi) is 12.2. The lowest BCUT2D eigenvalue weighted by Gasteiger charge is -2.42. The minimum Gasteiger partial charge on any atom is -0.543 e. The zero-order valence-corrected chi connectivity index (χ0v) is 27.0. The van der Waals surface area contributed by atoms with Gasteiger partial charge in [0.05, 0.1) is 6.07 Å². The summed E-state index contributed by atoms with van der Waals surface area (Å²) in [7, 11) is -2.10. The molecule has 0 spiro atoms. The van der Waals surface area contributed by atoms with Crippen molar-refractivity contribution in [2.75, 3.05) is 0 Å². The van der Waals surface area contributed by atoms with E-state index in [4.69, 9.17) is 9.16 Å². The lowest BCUT2D eigenvalue weighted by molar-refractivity contribution is -0.148. The van der Waals surface area contributed by atoms with Crippen LogP contribution in [0.3, 0.4) is 0 Å². The minimum absolute atomic E-state index is 0.283. The highest BCUT2D eigenvalue weighted by Gasteiger charge is 2.46. The normalized spacial score (nSPS) is 13.4. The quantitative estimate of drug-likeness (QED) is 0.120. The number of amides is 1. The number of hydrogen-bond acceptors (Lipinski definition) is 5. The number of carbonyl (C=O) groups excluding carboxylic acids is 2. The van der Waals surface area contributed by atoms with E-state index in [1.165, 1.54) is 12.2 Å². The molecule has 41 heavy (non-hydrogen) atoms. The molecular weight excluding hydrogens is 528 g/mol. The van der Waals surface area contributed by atoms with Crippen molar-refractivity contribution in [1.29, 1.82) is 5.26 Å². The third kappa shape index (κ3) is 10.1. The SMILES string of the molecule is CC(C)[Si](Oc1ccc(/C=C(/C=C/C(=O)OC(C)(C)C)NC(=O)[C@H](C#N)Cc2ccccc2)cc1)(C(C)C)C(C)C. The van der Waals surface area contributed by atoms with Gasteiger partial charge in [-0.05, 0) is 79.2 Å². The Morgan fingerprint density at radius 2 is 1.46 bits per heavy atom. The number of nitrogens with one attached hydrogen (secondary N) is 1. The third-order valence-corrected chi connectivity index (χ3v) is 13.0. The molecule has 0 radical (unpaired) electrons. The van der Waals surface area contributed by atoms with Crippen LogP contribution in [0.15, 0.2) is 72.4 Å². The van der Waals surface area contributed by atoms with Crippen molar-refractivity contribution in [2.45, 2.75) is 91.0 Å². The molecule has 0 heterocycles. The third-order valence-electron chi connectivity index (χ3n) is 7.03. The van der Waals surface area contributed by atoms with Crippen LogP contribution in [0.4, 0.5) is 0 Å². The molecule has 0 fully saturated rings. The summed E-state index contributed by atoms with van der Waals surface area (Å²) in [5.41, 5.74) is 2.78. The zero-order chi connectivity index (χ0) is 30.8. The molecule has 2 aromatic carbocycles. The first-order valence-corrected chi connectivity index (χ1v) is 16.5. The molecule has 0 aromatic heterocycles. The van der Waals surface area contributed by atoms with Gasteiger partial charge in [0.15, 0.2) is 0 Å². The summed E-state index contributed by atoms with van der Waals surface area (Å²) in [6.07, 6.45) is 4.83. The Labute approximate surface area is 247 Å². The van der Waals surface area contributed by atoms with E-state index in [9.17, 15) is 14.9 Å². The molecule has 220 valence electrons. The van der Waals surface area contributed by atoms with E-state index >= 15 is 0 Å². The average molecular weight is 575 g/mol. The van der Waals surface area contributed by atoms with Gasteiger partial charge in [0.2, 0.25) is 5.91 Å². The van der Waals surface area contributed by atoms with Crippen LogP contribution in [0.25, 0.3) is 6.08 Å². The van der Waals surface area contributed by atoms with Crippen LogP contribution in [-0.2, 0) is 20.7 Å². The summed E-state index contributed by atoms with van der Waals surface area (Å²) in [6.45, 7) is 18.9.